The fraction of sp³-hybridized carbons (Fsp3) is 0.312. The number of anilines is 2. The van der Waals surface area contributed by atoms with E-state index < -0.39 is 0 Å². The first kappa shape index (κ1) is 35.9. The molecule has 0 bridgehead atoms. The van der Waals surface area contributed by atoms with Gasteiger partial charge in [-0.05, 0) is 49.2 Å². The number of nitrogens with two attached hydrogens (primary N) is 2. The Morgan fingerprint density at radius 3 is 1.65 bits per heavy atom. The molecule has 2 aromatic heterocycles. The summed E-state index contributed by atoms with van der Waals surface area (Å²) in [5, 5.41) is 7.04. The molecule has 48 heavy (non-hydrogen) atoms. The number of rotatable bonds is 8. The van der Waals surface area contributed by atoms with Gasteiger partial charge in [0, 0.05) is 99.2 Å². The highest BCUT2D eigenvalue weighted by Gasteiger charge is 2.28. The number of carbonyl (C=O) groups excluding carboxylic acids is 2. The summed E-state index contributed by atoms with van der Waals surface area (Å²) in [5.74, 6) is 0.558. The predicted molar refractivity (Wildman–Crippen MR) is 184 cm³/mol. The summed E-state index contributed by atoms with van der Waals surface area (Å²) in [6, 6.07) is 8.29. The standard InChI is InChI=1S/2C16H16ClFN4OS/c17-12-5-9(18)1-4-15(12)24-11-7-20-16(21-8-11)22-14-3-2-10(23)6-13(14)19;17-9-1-4-15(12(18)5-9)24-11-7-20-16(21-8-11)22-14-3-2-10(23)6-13(14)19/h2*1,4-5,7-8,13-14H,2-3,6,19H2,(H,20,21,22). The lowest BCUT2D eigenvalue weighted by Gasteiger charge is -2.28. The fourth-order valence-corrected chi connectivity index (χ4v) is 6.98. The van der Waals surface area contributed by atoms with Gasteiger partial charge in [0.1, 0.15) is 23.2 Å². The minimum atomic E-state index is -0.382. The van der Waals surface area contributed by atoms with Crippen molar-refractivity contribution in [3.63, 3.8) is 0 Å². The van der Waals surface area contributed by atoms with Crippen LogP contribution in [-0.4, -0.2) is 55.7 Å². The van der Waals surface area contributed by atoms with Gasteiger partial charge in [0.25, 0.3) is 0 Å². The summed E-state index contributed by atoms with van der Waals surface area (Å²) in [5.41, 5.74) is 12.0. The third-order valence-corrected chi connectivity index (χ3v) is 10.2. The van der Waals surface area contributed by atoms with E-state index in [1.54, 1.807) is 43.0 Å². The van der Waals surface area contributed by atoms with Gasteiger partial charge in [0.2, 0.25) is 11.9 Å². The number of nitrogens with zero attached hydrogens (tertiary/aromatic N) is 4. The minimum absolute atomic E-state index is 0.00672. The second kappa shape index (κ2) is 16.8. The Morgan fingerprint density at radius 2 is 1.19 bits per heavy atom. The lowest BCUT2D eigenvalue weighted by Crippen LogP contribution is -2.45. The van der Waals surface area contributed by atoms with E-state index in [1.165, 1.54) is 41.7 Å². The lowest BCUT2D eigenvalue weighted by atomic mass is 9.90. The maximum atomic E-state index is 13.8. The molecule has 16 heteroatoms. The number of nitrogens with one attached hydrogen (secondary N) is 2. The zero-order valence-electron chi connectivity index (χ0n) is 25.4. The number of hydrogen-bond acceptors (Lipinski definition) is 12. The molecule has 2 fully saturated rings. The van der Waals surface area contributed by atoms with Crippen LogP contribution in [0.3, 0.4) is 0 Å². The van der Waals surface area contributed by atoms with Crippen LogP contribution in [0.15, 0.2) is 80.8 Å². The maximum absolute atomic E-state index is 13.8. The molecule has 0 radical (unpaired) electrons. The van der Waals surface area contributed by atoms with Crippen molar-refractivity contribution in [2.75, 3.05) is 10.6 Å². The minimum Gasteiger partial charge on any atom is -0.350 e. The van der Waals surface area contributed by atoms with Gasteiger partial charge in [-0.25, -0.2) is 28.7 Å². The quantitative estimate of drug-likeness (QED) is 0.155. The van der Waals surface area contributed by atoms with Crippen molar-refractivity contribution in [1.29, 1.82) is 0 Å². The molecule has 0 amide bonds. The van der Waals surface area contributed by atoms with Gasteiger partial charge in [0.15, 0.2) is 0 Å². The SMILES string of the molecule is NC1CC(=O)CCC1Nc1ncc(Sc2ccc(Cl)cc2F)cn1.NC1CC(=O)CCC1Nc1ncc(Sc2ccc(F)cc2Cl)cn1. The molecular weight excluding hydrogens is 701 g/mol. The van der Waals surface area contributed by atoms with Crippen LogP contribution in [0.5, 0.6) is 0 Å². The summed E-state index contributed by atoms with van der Waals surface area (Å²) in [4.78, 5) is 42.4. The van der Waals surface area contributed by atoms with E-state index in [0.717, 1.165) is 9.79 Å². The Hall–Kier alpha value is -3.40. The molecule has 10 nitrogen and oxygen atoms in total. The van der Waals surface area contributed by atoms with E-state index in [1.807, 2.05) is 0 Å². The largest absolute Gasteiger partial charge is 0.350 e. The number of benzene rings is 2. The third-order valence-electron chi connectivity index (χ3n) is 7.56. The molecule has 0 spiro atoms. The number of carbonyl (C=O) groups is 2. The summed E-state index contributed by atoms with van der Waals surface area (Å²) in [7, 11) is 0. The smallest absolute Gasteiger partial charge is 0.222 e. The third kappa shape index (κ3) is 10.3. The fourth-order valence-electron chi connectivity index (χ4n) is 5.02. The molecule has 6 N–H and O–H groups in total. The van der Waals surface area contributed by atoms with Crippen molar-refractivity contribution in [2.45, 2.75) is 82.3 Å². The Balaban J connectivity index is 0.000000188. The van der Waals surface area contributed by atoms with Crippen molar-refractivity contribution in [3.05, 3.63) is 82.9 Å². The zero-order valence-corrected chi connectivity index (χ0v) is 28.6. The molecule has 4 unspecified atom stereocenters. The average molecular weight is 734 g/mol. The van der Waals surface area contributed by atoms with Gasteiger partial charge < -0.3 is 22.1 Å². The van der Waals surface area contributed by atoms with Crippen LogP contribution in [-0.2, 0) is 9.59 Å². The van der Waals surface area contributed by atoms with Crippen LogP contribution in [0.25, 0.3) is 0 Å². The first-order chi connectivity index (χ1) is 23.0. The van der Waals surface area contributed by atoms with Crippen molar-refractivity contribution in [3.8, 4) is 0 Å². The summed E-state index contributed by atoms with van der Waals surface area (Å²) >= 11 is 14.3. The van der Waals surface area contributed by atoms with Gasteiger partial charge in [-0.3, -0.25) is 9.59 Å². The predicted octanol–water partition coefficient (Wildman–Crippen LogP) is 6.56. The molecule has 2 aliphatic carbocycles. The van der Waals surface area contributed by atoms with Crippen LogP contribution < -0.4 is 22.1 Å². The molecule has 4 atom stereocenters. The van der Waals surface area contributed by atoms with Gasteiger partial charge >= 0.3 is 0 Å². The molecule has 2 aromatic carbocycles. The number of hydrogen-bond donors (Lipinski definition) is 4. The Morgan fingerprint density at radius 1 is 0.708 bits per heavy atom. The zero-order chi connectivity index (χ0) is 34.2. The normalized spacial score (nSPS) is 20.9. The monoisotopic (exact) mass is 732 g/mol. The molecule has 2 aliphatic rings. The van der Waals surface area contributed by atoms with Gasteiger partial charge in [0.05, 0.1) is 5.02 Å². The molecule has 2 saturated carbocycles. The number of halogens is 4. The summed E-state index contributed by atoms with van der Waals surface area (Å²) in [6.07, 6.45) is 9.74. The van der Waals surface area contributed by atoms with Crippen LogP contribution in [0, 0.1) is 11.6 Å². The van der Waals surface area contributed by atoms with Crippen molar-refractivity contribution in [1.82, 2.24) is 19.9 Å². The van der Waals surface area contributed by atoms with E-state index >= 15 is 0 Å². The van der Waals surface area contributed by atoms with Crippen molar-refractivity contribution >= 4 is 70.2 Å². The molecule has 2 heterocycles. The average Bonchev–Trinajstić information content (AvgIpc) is 3.05. The Bertz CT molecular complexity index is 1610. The van der Waals surface area contributed by atoms with E-state index in [9.17, 15) is 18.4 Å². The second-order valence-corrected chi connectivity index (χ2v) is 14.3. The van der Waals surface area contributed by atoms with Crippen LogP contribution >= 0.6 is 46.7 Å². The van der Waals surface area contributed by atoms with Gasteiger partial charge in [-0.2, -0.15) is 0 Å². The first-order valence-electron chi connectivity index (χ1n) is 15.0. The van der Waals surface area contributed by atoms with Crippen LogP contribution in [0.4, 0.5) is 20.7 Å². The van der Waals surface area contributed by atoms with Crippen molar-refractivity contribution < 1.29 is 18.4 Å². The molecule has 252 valence electrons. The molecule has 0 aliphatic heterocycles. The highest BCUT2D eigenvalue weighted by atomic mass is 35.5. The van der Waals surface area contributed by atoms with E-state index in [4.69, 9.17) is 34.7 Å². The summed E-state index contributed by atoms with van der Waals surface area (Å²) < 4.78 is 26.9. The Labute approximate surface area is 294 Å². The first-order valence-corrected chi connectivity index (χ1v) is 17.4. The van der Waals surface area contributed by atoms with Gasteiger partial charge in [-0.1, -0.05) is 46.7 Å². The summed E-state index contributed by atoms with van der Waals surface area (Å²) in [6.45, 7) is 0. The highest BCUT2D eigenvalue weighted by Crippen LogP contribution is 2.33. The molecule has 0 saturated heterocycles. The Kier molecular flexibility index (Phi) is 12.6. The van der Waals surface area contributed by atoms with E-state index in [-0.39, 0.29) is 47.4 Å². The lowest BCUT2D eigenvalue weighted by molar-refractivity contribution is -0.121. The molecular formula is C32H32Cl2F2N8O2S2. The van der Waals surface area contributed by atoms with Crippen molar-refractivity contribution in [2.24, 2.45) is 11.5 Å². The van der Waals surface area contributed by atoms with Gasteiger partial charge in [-0.15, -0.1) is 0 Å². The second-order valence-electron chi connectivity index (χ2n) is 11.2. The maximum Gasteiger partial charge on any atom is 0.222 e. The van der Waals surface area contributed by atoms with E-state index in [0.29, 0.717) is 70.3 Å². The number of Topliss-reactive ketones (excluding diaryl/α,β-unsaturated/α-hetero) is 2. The molecule has 6 rings (SSSR count). The van der Waals surface area contributed by atoms with Crippen LogP contribution in [0.1, 0.15) is 38.5 Å². The number of ketones is 2. The highest BCUT2D eigenvalue weighted by molar-refractivity contribution is 7.99. The molecule has 4 aromatic rings. The van der Waals surface area contributed by atoms with Crippen LogP contribution in [0.2, 0.25) is 10.0 Å². The van der Waals surface area contributed by atoms with E-state index in [2.05, 4.69) is 30.6 Å². The topological polar surface area (TPSA) is 162 Å². The number of aromatic nitrogens is 4.